The van der Waals surface area contributed by atoms with Gasteiger partial charge in [0.15, 0.2) is 5.60 Å². The van der Waals surface area contributed by atoms with Gasteiger partial charge in [0.05, 0.1) is 24.3 Å². The van der Waals surface area contributed by atoms with Crippen molar-refractivity contribution >= 4 is 17.3 Å². The van der Waals surface area contributed by atoms with E-state index in [9.17, 15) is 23.1 Å². The summed E-state index contributed by atoms with van der Waals surface area (Å²) in [4.78, 5) is 16.7. The zero-order chi connectivity index (χ0) is 24.2. The zero-order valence-electron chi connectivity index (χ0n) is 18.3. The summed E-state index contributed by atoms with van der Waals surface area (Å²) in [5.41, 5.74) is -2.61. The molecule has 1 atom stereocenters. The monoisotopic (exact) mass is 462 g/mol. The van der Waals surface area contributed by atoms with Gasteiger partial charge in [0.1, 0.15) is 5.75 Å². The molecule has 1 fully saturated rings. The number of methoxy groups -OCH3 is 1. The fraction of sp³-hybridized carbons (Fsp3) is 0.391. The molecule has 1 saturated heterocycles. The molecule has 0 radical (unpaired) electrons. The number of anilines is 2. The predicted molar refractivity (Wildman–Crippen MR) is 117 cm³/mol. The van der Waals surface area contributed by atoms with E-state index >= 15 is 0 Å². The maximum atomic E-state index is 13.2. The van der Waals surface area contributed by atoms with Crippen LogP contribution in [0.25, 0.3) is 0 Å². The van der Waals surface area contributed by atoms with E-state index in [0.29, 0.717) is 32.2 Å². The third-order valence-corrected chi connectivity index (χ3v) is 5.53. The Morgan fingerprint density at radius 2 is 1.79 bits per heavy atom. The number of alkyl halides is 3. The topological polar surface area (TPSA) is 88.8 Å². The number of piperazine rings is 1. The van der Waals surface area contributed by atoms with Crippen molar-refractivity contribution in [2.75, 3.05) is 50.1 Å². The molecule has 0 bridgehead atoms. The number of nitriles is 1. The van der Waals surface area contributed by atoms with E-state index in [4.69, 9.17) is 10.00 Å². The van der Waals surface area contributed by atoms with Crippen molar-refractivity contribution in [1.82, 2.24) is 4.90 Å². The van der Waals surface area contributed by atoms with E-state index in [1.165, 1.54) is 19.1 Å². The molecule has 0 spiro atoms. The van der Waals surface area contributed by atoms with Gasteiger partial charge in [0, 0.05) is 44.1 Å². The number of rotatable bonds is 6. The van der Waals surface area contributed by atoms with Crippen LogP contribution in [0.15, 0.2) is 42.5 Å². The number of aliphatic hydroxyl groups is 1. The molecule has 1 aliphatic heterocycles. The van der Waals surface area contributed by atoms with Gasteiger partial charge < -0.3 is 20.1 Å². The number of nitrogens with zero attached hydrogens (tertiary/aromatic N) is 3. The second-order valence-electron chi connectivity index (χ2n) is 8.06. The number of ether oxygens (including phenoxy) is 1. The maximum Gasteiger partial charge on any atom is 0.417 e. The SMILES string of the molecule is COc1ccc(N2CCN(CC(C)(O)C(=O)Nc3ccc(C#N)c(C(F)(F)F)c3)CC2)cc1. The number of carbonyl (C=O) groups excluding carboxylic acids is 1. The van der Waals surface area contributed by atoms with E-state index in [-0.39, 0.29) is 12.2 Å². The maximum absolute atomic E-state index is 13.2. The minimum atomic E-state index is -4.74. The van der Waals surface area contributed by atoms with Crippen LogP contribution in [0.1, 0.15) is 18.1 Å². The average molecular weight is 462 g/mol. The van der Waals surface area contributed by atoms with Gasteiger partial charge in [0.25, 0.3) is 5.91 Å². The van der Waals surface area contributed by atoms with Gasteiger partial charge in [-0.2, -0.15) is 18.4 Å². The summed E-state index contributed by atoms with van der Waals surface area (Å²) >= 11 is 0. The number of amides is 1. The third kappa shape index (κ3) is 5.94. The second-order valence-corrected chi connectivity index (χ2v) is 8.06. The molecule has 2 N–H and O–H groups in total. The van der Waals surface area contributed by atoms with Gasteiger partial charge in [-0.05, 0) is 49.4 Å². The first-order valence-electron chi connectivity index (χ1n) is 10.3. The van der Waals surface area contributed by atoms with Gasteiger partial charge >= 0.3 is 6.18 Å². The Balaban J connectivity index is 1.59. The summed E-state index contributed by atoms with van der Waals surface area (Å²) in [6, 6.07) is 12.1. The zero-order valence-corrected chi connectivity index (χ0v) is 18.3. The second kappa shape index (κ2) is 9.68. The Morgan fingerprint density at radius 3 is 2.33 bits per heavy atom. The first-order chi connectivity index (χ1) is 15.5. The van der Waals surface area contributed by atoms with Gasteiger partial charge in [0.2, 0.25) is 0 Å². The van der Waals surface area contributed by atoms with Crippen molar-refractivity contribution in [2.24, 2.45) is 0 Å². The molecule has 176 valence electrons. The summed E-state index contributed by atoms with van der Waals surface area (Å²) in [6.07, 6.45) is -4.74. The smallest absolute Gasteiger partial charge is 0.417 e. The van der Waals surface area contributed by atoms with Crippen LogP contribution in [-0.4, -0.2) is 61.3 Å². The molecule has 1 heterocycles. The van der Waals surface area contributed by atoms with Crippen molar-refractivity contribution in [3.05, 3.63) is 53.6 Å². The normalized spacial score (nSPS) is 16.6. The highest BCUT2D eigenvalue weighted by molar-refractivity contribution is 5.97. The minimum absolute atomic E-state index is 0.0255. The number of nitrogens with one attached hydrogen (secondary N) is 1. The van der Waals surface area contributed by atoms with E-state index in [2.05, 4.69) is 10.2 Å². The summed E-state index contributed by atoms with van der Waals surface area (Å²) in [7, 11) is 1.60. The van der Waals surface area contributed by atoms with Gasteiger partial charge in [-0.25, -0.2) is 0 Å². The lowest BCUT2D eigenvalue weighted by atomic mass is 10.0. The lowest BCUT2D eigenvalue weighted by Gasteiger charge is -2.38. The molecular weight excluding hydrogens is 437 g/mol. The molecule has 3 rings (SSSR count). The molecule has 10 heteroatoms. The highest BCUT2D eigenvalue weighted by Crippen LogP contribution is 2.33. The van der Waals surface area contributed by atoms with Crippen LogP contribution in [0.5, 0.6) is 5.75 Å². The van der Waals surface area contributed by atoms with Crippen LogP contribution in [0, 0.1) is 11.3 Å². The largest absolute Gasteiger partial charge is 0.497 e. The lowest BCUT2D eigenvalue weighted by Crippen LogP contribution is -2.54. The van der Waals surface area contributed by atoms with E-state index in [0.717, 1.165) is 17.5 Å². The molecule has 2 aromatic rings. The number of carbonyl (C=O) groups is 1. The average Bonchev–Trinajstić information content (AvgIpc) is 2.79. The van der Waals surface area contributed by atoms with Gasteiger partial charge in [-0.3, -0.25) is 9.69 Å². The molecule has 0 aliphatic carbocycles. The van der Waals surface area contributed by atoms with Crippen molar-refractivity contribution < 1.29 is 27.8 Å². The Bertz CT molecular complexity index is 1020. The number of hydrogen-bond acceptors (Lipinski definition) is 6. The Kier molecular flexibility index (Phi) is 7.15. The highest BCUT2D eigenvalue weighted by atomic mass is 19.4. The molecule has 7 nitrogen and oxygen atoms in total. The standard InChI is InChI=1S/C23H25F3N4O3/c1-22(32,21(31)28-17-4-3-16(14-27)20(13-17)23(24,25)26)15-29-9-11-30(12-10-29)18-5-7-19(33-2)8-6-18/h3-8,13,32H,9-12,15H2,1-2H3,(H,28,31). The molecule has 1 amide bonds. The fourth-order valence-electron chi connectivity index (χ4n) is 3.68. The van der Waals surface area contributed by atoms with E-state index in [1.807, 2.05) is 29.2 Å². The number of benzene rings is 2. The Labute approximate surface area is 190 Å². The van der Waals surface area contributed by atoms with Crippen molar-refractivity contribution in [3.63, 3.8) is 0 Å². The first-order valence-corrected chi connectivity index (χ1v) is 10.3. The highest BCUT2D eigenvalue weighted by Gasteiger charge is 2.36. The van der Waals surface area contributed by atoms with Gasteiger partial charge in [-0.1, -0.05) is 0 Å². The molecule has 0 aromatic heterocycles. The first kappa shape index (κ1) is 24.4. The summed E-state index contributed by atoms with van der Waals surface area (Å²) in [5.74, 6) is -0.0537. The summed E-state index contributed by atoms with van der Waals surface area (Å²) < 4.78 is 44.6. The number of β-amino-alcohol motifs (C(OH)–C–C–N with tert-alkyl or cyclic N) is 1. The predicted octanol–water partition coefficient (Wildman–Crippen LogP) is 3.10. The van der Waals surface area contributed by atoms with Crippen molar-refractivity contribution in [1.29, 1.82) is 5.26 Å². The number of hydrogen-bond donors (Lipinski definition) is 2. The van der Waals surface area contributed by atoms with Gasteiger partial charge in [-0.15, -0.1) is 0 Å². The number of halogens is 3. The lowest BCUT2D eigenvalue weighted by molar-refractivity contribution is -0.138. The van der Waals surface area contributed by atoms with Crippen molar-refractivity contribution in [2.45, 2.75) is 18.7 Å². The van der Waals surface area contributed by atoms with Crippen LogP contribution in [0.2, 0.25) is 0 Å². The summed E-state index contributed by atoms with van der Waals surface area (Å²) in [6.45, 7) is 3.93. The van der Waals surface area contributed by atoms with Crippen LogP contribution < -0.4 is 15.0 Å². The van der Waals surface area contributed by atoms with Crippen LogP contribution in [-0.2, 0) is 11.0 Å². The van der Waals surface area contributed by atoms with Crippen LogP contribution in [0.3, 0.4) is 0 Å². The fourth-order valence-corrected chi connectivity index (χ4v) is 3.68. The summed E-state index contributed by atoms with van der Waals surface area (Å²) in [5, 5.41) is 21.9. The molecule has 0 saturated carbocycles. The third-order valence-electron chi connectivity index (χ3n) is 5.53. The quantitative estimate of drug-likeness (QED) is 0.686. The Hall–Kier alpha value is -3.29. The molecule has 1 aliphatic rings. The van der Waals surface area contributed by atoms with Crippen molar-refractivity contribution in [3.8, 4) is 11.8 Å². The molecule has 1 unspecified atom stereocenters. The van der Waals surface area contributed by atoms with E-state index < -0.39 is 28.8 Å². The van der Waals surface area contributed by atoms with E-state index in [1.54, 1.807) is 7.11 Å². The molecule has 2 aromatic carbocycles. The molecular formula is C23H25F3N4O3. The van der Waals surface area contributed by atoms with Crippen LogP contribution in [0.4, 0.5) is 24.5 Å². The van der Waals surface area contributed by atoms with Crippen LogP contribution >= 0.6 is 0 Å². The molecule has 33 heavy (non-hydrogen) atoms. The minimum Gasteiger partial charge on any atom is -0.497 e. The Morgan fingerprint density at radius 1 is 1.15 bits per heavy atom.